The van der Waals surface area contributed by atoms with Crippen molar-refractivity contribution in [3.05, 3.63) is 95.6 Å². The van der Waals surface area contributed by atoms with Gasteiger partial charge in [-0.05, 0) is 29.3 Å². The highest BCUT2D eigenvalue weighted by Gasteiger charge is 2.24. The molecule has 30 heavy (non-hydrogen) atoms. The van der Waals surface area contributed by atoms with Gasteiger partial charge in [-0.1, -0.05) is 65.8 Å². The van der Waals surface area contributed by atoms with E-state index in [9.17, 15) is 9.59 Å². The van der Waals surface area contributed by atoms with Crippen molar-refractivity contribution in [2.75, 3.05) is 7.11 Å². The second-order valence-electron chi connectivity index (χ2n) is 6.34. The molecule has 0 fully saturated rings. The summed E-state index contributed by atoms with van der Waals surface area (Å²) in [6.07, 6.45) is 2.13. The molecule has 0 heterocycles. The van der Waals surface area contributed by atoms with Crippen molar-refractivity contribution in [3.63, 3.8) is 0 Å². The molecule has 0 aliphatic heterocycles. The van der Waals surface area contributed by atoms with Gasteiger partial charge in [0.1, 0.15) is 30.3 Å². The zero-order chi connectivity index (χ0) is 21.2. The fraction of sp³-hybridized carbons (Fsp3) is 0.125. The predicted molar refractivity (Wildman–Crippen MR) is 113 cm³/mol. The molecule has 0 aromatic heterocycles. The van der Waals surface area contributed by atoms with Crippen molar-refractivity contribution in [3.8, 4) is 11.5 Å². The summed E-state index contributed by atoms with van der Waals surface area (Å²) in [6.45, 7) is 0.377. The number of hydrogen-bond donors (Lipinski definition) is 0. The smallest absolute Gasteiger partial charge is 0.320 e. The van der Waals surface area contributed by atoms with Crippen molar-refractivity contribution >= 4 is 18.5 Å². The molecule has 6 heteroatoms. The number of aldehydes is 1. The SMILES string of the molecule is COC(=O)C(C=O)c1ccccc1Oc1cccc(C=NOCc2ccccc2)c1. The minimum atomic E-state index is -1.05. The van der Waals surface area contributed by atoms with Crippen LogP contribution in [0.4, 0.5) is 0 Å². The molecule has 0 aliphatic carbocycles. The van der Waals surface area contributed by atoms with Gasteiger partial charge in [0, 0.05) is 5.56 Å². The quantitative estimate of drug-likeness (QED) is 0.173. The summed E-state index contributed by atoms with van der Waals surface area (Å²) in [5.41, 5.74) is 2.24. The van der Waals surface area contributed by atoms with Gasteiger partial charge >= 0.3 is 5.97 Å². The van der Waals surface area contributed by atoms with E-state index in [1.807, 2.05) is 42.5 Å². The van der Waals surface area contributed by atoms with Crippen molar-refractivity contribution in [2.45, 2.75) is 12.5 Å². The topological polar surface area (TPSA) is 74.2 Å². The van der Waals surface area contributed by atoms with Gasteiger partial charge in [-0.2, -0.15) is 0 Å². The Morgan fingerprint density at radius 2 is 1.77 bits per heavy atom. The molecule has 0 radical (unpaired) electrons. The number of carbonyl (C=O) groups is 2. The van der Waals surface area contributed by atoms with Crippen LogP contribution in [0, 0.1) is 0 Å². The number of rotatable bonds is 9. The van der Waals surface area contributed by atoms with E-state index in [4.69, 9.17) is 14.3 Å². The number of esters is 1. The van der Waals surface area contributed by atoms with Gasteiger partial charge in [0.25, 0.3) is 0 Å². The molecule has 6 nitrogen and oxygen atoms in total. The first-order chi connectivity index (χ1) is 14.7. The van der Waals surface area contributed by atoms with Crippen molar-refractivity contribution in [1.82, 2.24) is 0 Å². The zero-order valence-corrected chi connectivity index (χ0v) is 16.4. The lowest BCUT2D eigenvalue weighted by molar-refractivity contribution is -0.143. The lowest BCUT2D eigenvalue weighted by atomic mass is 10.00. The zero-order valence-electron chi connectivity index (χ0n) is 16.4. The summed E-state index contributed by atoms with van der Waals surface area (Å²) in [5.74, 6) is -0.766. The van der Waals surface area contributed by atoms with E-state index < -0.39 is 11.9 Å². The molecular weight excluding hydrogens is 382 g/mol. The first kappa shape index (κ1) is 20.8. The lowest BCUT2D eigenvalue weighted by Gasteiger charge is -2.14. The first-order valence-electron chi connectivity index (χ1n) is 9.30. The largest absolute Gasteiger partial charge is 0.468 e. The molecule has 3 aromatic rings. The van der Waals surface area contributed by atoms with E-state index in [0.717, 1.165) is 11.1 Å². The summed E-state index contributed by atoms with van der Waals surface area (Å²) in [4.78, 5) is 28.7. The molecular formula is C24H21NO5. The lowest BCUT2D eigenvalue weighted by Crippen LogP contribution is -2.16. The fourth-order valence-electron chi connectivity index (χ4n) is 2.78. The Bertz CT molecular complexity index is 1020. The number of hydrogen-bond acceptors (Lipinski definition) is 6. The van der Waals surface area contributed by atoms with E-state index in [2.05, 4.69) is 5.16 Å². The number of ether oxygens (including phenoxy) is 2. The Morgan fingerprint density at radius 1 is 1.00 bits per heavy atom. The van der Waals surface area contributed by atoms with Gasteiger partial charge < -0.3 is 19.1 Å². The summed E-state index contributed by atoms with van der Waals surface area (Å²) in [5, 5.41) is 3.99. The minimum Gasteiger partial charge on any atom is -0.468 e. The Kier molecular flexibility index (Phi) is 7.33. The molecule has 0 N–H and O–H groups in total. The maximum Gasteiger partial charge on any atom is 0.320 e. The maximum atomic E-state index is 11.9. The summed E-state index contributed by atoms with van der Waals surface area (Å²) >= 11 is 0. The monoisotopic (exact) mass is 403 g/mol. The molecule has 0 spiro atoms. The molecule has 3 aromatic carbocycles. The number of benzene rings is 3. The third-order valence-electron chi connectivity index (χ3n) is 4.28. The van der Waals surface area contributed by atoms with Crippen LogP contribution >= 0.6 is 0 Å². The van der Waals surface area contributed by atoms with E-state index in [0.29, 0.717) is 30.0 Å². The summed E-state index contributed by atoms with van der Waals surface area (Å²) in [6, 6.07) is 23.8. The number of para-hydroxylation sites is 1. The number of methoxy groups -OCH3 is 1. The van der Waals surface area contributed by atoms with Crippen LogP contribution in [0.25, 0.3) is 0 Å². The summed E-state index contributed by atoms with van der Waals surface area (Å²) in [7, 11) is 1.24. The number of carbonyl (C=O) groups excluding carboxylic acids is 2. The Labute approximate surface area is 174 Å². The Balaban J connectivity index is 1.70. The maximum absolute atomic E-state index is 11.9. The highest BCUT2D eigenvalue weighted by atomic mass is 16.6. The van der Waals surface area contributed by atoms with Gasteiger partial charge in [-0.15, -0.1) is 0 Å². The first-order valence-corrected chi connectivity index (χ1v) is 9.30. The minimum absolute atomic E-state index is 0.377. The average Bonchev–Trinajstić information content (AvgIpc) is 2.79. The molecule has 0 saturated carbocycles. The van der Waals surface area contributed by atoms with Gasteiger partial charge in [0.05, 0.1) is 13.3 Å². The molecule has 0 aliphatic rings. The molecule has 0 bridgehead atoms. The number of oxime groups is 1. The highest BCUT2D eigenvalue weighted by molar-refractivity contribution is 5.94. The van der Waals surface area contributed by atoms with Crippen LogP contribution in [0.3, 0.4) is 0 Å². The standard InChI is InChI=1S/C24H21NO5/c1-28-24(27)22(16-26)21-12-5-6-13-23(21)30-20-11-7-10-19(14-20)15-25-29-17-18-8-3-2-4-9-18/h2-16,22H,17H2,1H3. The predicted octanol–water partition coefficient (Wildman–Crippen LogP) is 4.49. The van der Waals surface area contributed by atoms with Gasteiger partial charge in [-0.25, -0.2) is 0 Å². The third kappa shape index (κ3) is 5.54. The van der Waals surface area contributed by atoms with Gasteiger partial charge in [-0.3, -0.25) is 4.79 Å². The van der Waals surface area contributed by atoms with Crippen LogP contribution in [0.2, 0.25) is 0 Å². The fourth-order valence-corrected chi connectivity index (χ4v) is 2.78. The normalized spacial score (nSPS) is 11.6. The van der Waals surface area contributed by atoms with Crippen LogP contribution < -0.4 is 4.74 Å². The van der Waals surface area contributed by atoms with E-state index >= 15 is 0 Å². The Hall–Kier alpha value is -3.93. The van der Waals surface area contributed by atoms with Crippen molar-refractivity contribution < 1.29 is 23.9 Å². The highest BCUT2D eigenvalue weighted by Crippen LogP contribution is 2.30. The van der Waals surface area contributed by atoms with Gasteiger partial charge in [0.2, 0.25) is 0 Å². The van der Waals surface area contributed by atoms with E-state index in [1.54, 1.807) is 42.6 Å². The second kappa shape index (κ2) is 10.6. The van der Waals surface area contributed by atoms with Gasteiger partial charge in [0.15, 0.2) is 0 Å². The molecule has 0 amide bonds. The van der Waals surface area contributed by atoms with Crippen molar-refractivity contribution in [2.24, 2.45) is 5.16 Å². The summed E-state index contributed by atoms with van der Waals surface area (Å²) < 4.78 is 10.6. The molecule has 0 saturated heterocycles. The molecule has 1 unspecified atom stereocenters. The molecule has 1 atom stereocenters. The van der Waals surface area contributed by atoms with Crippen LogP contribution in [0.15, 0.2) is 84.0 Å². The van der Waals surface area contributed by atoms with Crippen molar-refractivity contribution in [1.29, 1.82) is 0 Å². The van der Waals surface area contributed by atoms with E-state index in [-0.39, 0.29) is 0 Å². The Morgan fingerprint density at radius 3 is 2.53 bits per heavy atom. The third-order valence-corrected chi connectivity index (χ3v) is 4.28. The van der Waals surface area contributed by atoms with Crippen LogP contribution in [-0.2, 0) is 25.8 Å². The van der Waals surface area contributed by atoms with Crippen LogP contribution in [0.1, 0.15) is 22.6 Å². The van der Waals surface area contributed by atoms with E-state index in [1.165, 1.54) is 7.11 Å². The average molecular weight is 403 g/mol. The van der Waals surface area contributed by atoms with Crippen LogP contribution in [-0.4, -0.2) is 25.6 Å². The second-order valence-corrected chi connectivity index (χ2v) is 6.34. The molecule has 152 valence electrons. The molecule has 3 rings (SSSR count). The number of nitrogens with zero attached hydrogens (tertiary/aromatic N) is 1. The van der Waals surface area contributed by atoms with Crippen LogP contribution in [0.5, 0.6) is 11.5 Å².